The fraction of sp³-hybridized carbons (Fsp3) is 0.350. The molecule has 0 aromatic heterocycles. The van der Waals surface area contributed by atoms with Crippen molar-refractivity contribution in [3.05, 3.63) is 59.7 Å². The van der Waals surface area contributed by atoms with E-state index < -0.39 is 9.84 Å². The Morgan fingerprint density at radius 3 is 2.44 bits per heavy atom. The first-order valence-electron chi connectivity index (χ1n) is 8.75. The van der Waals surface area contributed by atoms with Crippen molar-refractivity contribution in [2.24, 2.45) is 4.99 Å². The molecule has 0 aliphatic carbocycles. The normalized spacial score (nSPS) is 13.3. The summed E-state index contributed by atoms with van der Waals surface area (Å²) in [7, 11) is -1.45. The van der Waals surface area contributed by atoms with Crippen molar-refractivity contribution in [1.82, 2.24) is 10.6 Å². The second-order valence-corrected chi connectivity index (χ2v) is 9.92. The van der Waals surface area contributed by atoms with Gasteiger partial charge in [-0.15, -0.1) is 11.8 Å². The predicted molar refractivity (Wildman–Crippen MR) is 114 cm³/mol. The van der Waals surface area contributed by atoms with Crippen LogP contribution in [-0.2, 0) is 16.4 Å². The Bertz CT molecular complexity index is 881. The van der Waals surface area contributed by atoms with Crippen molar-refractivity contribution < 1.29 is 8.42 Å². The highest BCUT2D eigenvalue weighted by molar-refractivity contribution is 8.00. The lowest BCUT2D eigenvalue weighted by molar-refractivity contribution is 0.601. The Balaban J connectivity index is 1.86. The summed E-state index contributed by atoms with van der Waals surface area (Å²) in [5, 5.41) is 6.99. The van der Waals surface area contributed by atoms with Crippen LogP contribution in [0.15, 0.2) is 63.3 Å². The summed E-state index contributed by atoms with van der Waals surface area (Å²) in [6.07, 6.45) is 1.23. The highest BCUT2D eigenvalue weighted by atomic mass is 32.2. The number of guanidine groups is 1. The van der Waals surface area contributed by atoms with Gasteiger partial charge in [-0.05, 0) is 36.2 Å². The third-order valence-corrected chi connectivity index (χ3v) is 6.33. The van der Waals surface area contributed by atoms with E-state index in [0.717, 1.165) is 23.6 Å². The average Bonchev–Trinajstić information content (AvgIpc) is 2.61. The molecule has 0 radical (unpaired) electrons. The average molecular weight is 406 g/mol. The van der Waals surface area contributed by atoms with Gasteiger partial charge < -0.3 is 10.6 Å². The van der Waals surface area contributed by atoms with E-state index >= 15 is 0 Å². The molecule has 0 bridgehead atoms. The second-order valence-electron chi connectivity index (χ2n) is 6.42. The molecule has 7 heteroatoms. The van der Waals surface area contributed by atoms with Crippen molar-refractivity contribution in [2.45, 2.75) is 35.4 Å². The molecule has 0 saturated heterocycles. The van der Waals surface area contributed by atoms with Crippen molar-refractivity contribution in [2.75, 3.05) is 19.8 Å². The van der Waals surface area contributed by atoms with E-state index in [0.29, 0.717) is 16.7 Å². The third kappa shape index (κ3) is 6.92. The Morgan fingerprint density at radius 2 is 1.85 bits per heavy atom. The Labute approximate surface area is 166 Å². The van der Waals surface area contributed by atoms with E-state index in [4.69, 9.17) is 0 Å². The summed E-state index contributed by atoms with van der Waals surface area (Å²) in [6.45, 7) is 5.34. The number of benzene rings is 2. The minimum atomic E-state index is -3.19. The molecular weight excluding hydrogens is 378 g/mol. The maximum absolute atomic E-state index is 11.7. The number of hydrogen-bond donors (Lipinski definition) is 2. The van der Waals surface area contributed by atoms with Crippen LogP contribution in [0.25, 0.3) is 0 Å². The van der Waals surface area contributed by atoms with Gasteiger partial charge >= 0.3 is 0 Å². The first-order chi connectivity index (χ1) is 12.8. The van der Waals surface area contributed by atoms with Crippen molar-refractivity contribution in [1.29, 1.82) is 0 Å². The lowest BCUT2D eigenvalue weighted by atomic mass is 10.1. The summed E-state index contributed by atoms with van der Waals surface area (Å²) >= 11 is 1.81. The van der Waals surface area contributed by atoms with E-state index in [2.05, 4.69) is 34.7 Å². The molecule has 0 aliphatic rings. The molecule has 27 heavy (non-hydrogen) atoms. The Kier molecular flexibility index (Phi) is 7.74. The molecular formula is C20H27N3O2S2. The number of aryl methyl sites for hydroxylation is 1. The Hall–Kier alpha value is -1.99. The van der Waals surface area contributed by atoms with Gasteiger partial charge in [0.1, 0.15) is 0 Å². The number of nitrogens with zero attached hydrogens (tertiary/aromatic N) is 1. The molecule has 2 N–H and O–H groups in total. The smallest absolute Gasteiger partial charge is 0.191 e. The maximum Gasteiger partial charge on any atom is 0.191 e. The largest absolute Gasteiger partial charge is 0.355 e. The van der Waals surface area contributed by atoms with Gasteiger partial charge in [0.15, 0.2) is 15.8 Å². The van der Waals surface area contributed by atoms with Gasteiger partial charge in [-0.1, -0.05) is 37.3 Å². The zero-order valence-corrected chi connectivity index (χ0v) is 17.8. The van der Waals surface area contributed by atoms with Crippen LogP contribution in [0, 0.1) is 6.92 Å². The summed E-state index contributed by atoms with van der Waals surface area (Å²) in [6, 6.07) is 15.7. The van der Waals surface area contributed by atoms with E-state index in [1.165, 1.54) is 11.2 Å². The third-order valence-electron chi connectivity index (χ3n) is 3.96. The van der Waals surface area contributed by atoms with Gasteiger partial charge in [0, 0.05) is 36.5 Å². The molecule has 0 heterocycles. The summed E-state index contributed by atoms with van der Waals surface area (Å²) in [4.78, 5) is 5.87. The summed E-state index contributed by atoms with van der Waals surface area (Å²) in [5.41, 5.74) is 1.77. The van der Waals surface area contributed by atoms with Crippen LogP contribution in [0.3, 0.4) is 0 Å². The van der Waals surface area contributed by atoms with Crippen LogP contribution < -0.4 is 10.6 Å². The number of nitrogens with one attached hydrogen (secondary N) is 2. The molecule has 1 unspecified atom stereocenters. The number of hydrogen-bond acceptors (Lipinski definition) is 4. The zero-order valence-electron chi connectivity index (χ0n) is 16.2. The van der Waals surface area contributed by atoms with E-state index in [-0.39, 0.29) is 0 Å². The van der Waals surface area contributed by atoms with Crippen LogP contribution in [0.2, 0.25) is 0 Å². The van der Waals surface area contributed by atoms with E-state index in [1.807, 2.05) is 49.0 Å². The van der Waals surface area contributed by atoms with Crippen LogP contribution in [0.5, 0.6) is 0 Å². The molecule has 146 valence electrons. The summed E-state index contributed by atoms with van der Waals surface area (Å²) in [5.74, 6) is 0.723. The number of thioether (sulfide) groups is 1. The Morgan fingerprint density at radius 1 is 1.15 bits per heavy atom. The zero-order chi connectivity index (χ0) is 19.9. The SMILES string of the molecule is CN=C(NCc1ccc(S(C)(=O)=O)c(C)c1)NCC(C)Sc1ccccc1. The standard InChI is InChI=1S/C20H27N3O2S2/c1-15-12-17(10-11-19(15)27(4,24)25)14-23-20(21-3)22-13-16(2)26-18-8-6-5-7-9-18/h5-12,16H,13-14H2,1-4H3,(H2,21,22,23). The molecule has 0 fully saturated rings. The van der Waals surface area contributed by atoms with Crippen LogP contribution >= 0.6 is 11.8 Å². The monoisotopic (exact) mass is 405 g/mol. The van der Waals surface area contributed by atoms with Crippen molar-refractivity contribution >= 4 is 27.6 Å². The van der Waals surface area contributed by atoms with Gasteiger partial charge in [-0.25, -0.2) is 8.42 Å². The van der Waals surface area contributed by atoms with Gasteiger partial charge in [0.25, 0.3) is 0 Å². The topological polar surface area (TPSA) is 70.6 Å². The van der Waals surface area contributed by atoms with Crippen LogP contribution in [0.1, 0.15) is 18.1 Å². The first-order valence-corrected chi connectivity index (χ1v) is 11.5. The quantitative estimate of drug-likeness (QED) is 0.420. The minimum absolute atomic E-state index is 0.375. The fourth-order valence-corrected chi connectivity index (χ4v) is 4.56. The van der Waals surface area contributed by atoms with E-state index in [9.17, 15) is 8.42 Å². The molecule has 1 atom stereocenters. The molecule has 2 rings (SSSR count). The minimum Gasteiger partial charge on any atom is -0.355 e. The highest BCUT2D eigenvalue weighted by Gasteiger charge is 2.11. The van der Waals surface area contributed by atoms with Gasteiger partial charge in [0.05, 0.1) is 4.90 Å². The van der Waals surface area contributed by atoms with Gasteiger partial charge in [0.2, 0.25) is 0 Å². The first kappa shape index (κ1) is 21.3. The van der Waals surface area contributed by atoms with Gasteiger partial charge in [-0.2, -0.15) is 0 Å². The molecule has 0 spiro atoms. The molecule has 0 amide bonds. The van der Waals surface area contributed by atoms with Gasteiger partial charge in [-0.3, -0.25) is 4.99 Å². The van der Waals surface area contributed by atoms with Crippen LogP contribution in [-0.4, -0.2) is 39.5 Å². The van der Waals surface area contributed by atoms with Crippen molar-refractivity contribution in [3.63, 3.8) is 0 Å². The molecule has 0 saturated carbocycles. The lowest BCUT2D eigenvalue weighted by Crippen LogP contribution is -2.39. The molecule has 0 aliphatic heterocycles. The maximum atomic E-state index is 11.7. The number of sulfone groups is 1. The second kappa shape index (κ2) is 9.80. The highest BCUT2D eigenvalue weighted by Crippen LogP contribution is 2.22. The summed E-state index contributed by atoms with van der Waals surface area (Å²) < 4.78 is 23.4. The molecule has 2 aromatic rings. The number of aliphatic imine (C=N–C) groups is 1. The predicted octanol–water partition coefficient (Wildman–Crippen LogP) is 3.24. The molecule has 2 aromatic carbocycles. The molecule has 5 nitrogen and oxygen atoms in total. The van der Waals surface area contributed by atoms with Crippen molar-refractivity contribution in [3.8, 4) is 0 Å². The lowest BCUT2D eigenvalue weighted by Gasteiger charge is -2.16. The van der Waals surface area contributed by atoms with Crippen LogP contribution in [0.4, 0.5) is 0 Å². The van der Waals surface area contributed by atoms with E-state index in [1.54, 1.807) is 13.1 Å². The fourth-order valence-electron chi connectivity index (χ4n) is 2.66. The number of rotatable bonds is 7.